The molecule has 2 unspecified atom stereocenters. The zero-order valence-corrected chi connectivity index (χ0v) is 42.0. The number of aliphatic carboxylic acids is 1. The molecule has 24 nitrogen and oxygen atoms in total. The van der Waals surface area contributed by atoms with Gasteiger partial charge in [-0.2, -0.15) is 15.0 Å². The van der Waals surface area contributed by atoms with Crippen molar-refractivity contribution in [3.05, 3.63) is 53.6 Å². The van der Waals surface area contributed by atoms with Gasteiger partial charge in [-0.1, -0.05) is 56.2 Å². The Morgan fingerprint density at radius 2 is 1.19 bits per heavy atom. The molecular weight excluding hydrogens is 929 g/mol. The van der Waals surface area contributed by atoms with E-state index in [1.807, 2.05) is 14.7 Å². The van der Waals surface area contributed by atoms with Gasteiger partial charge in [0, 0.05) is 71.7 Å². The van der Waals surface area contributed by atoms with Gasteiger partial charge in [0.1, 0.15) is 24.4 Å². The van der Waals surface area contributed by atoms with Crippen LogP contribution in [0.15, 0.2) is 36.7 Å². The van der Waals surface area contributed by atoms with Crippen LogP contribution in [0.2, 0.25) is 0 Å². The van der Waals surface area contributed by atoms with Gasteiger partial charge >= 0.3 is 5.97 Å². The van der Waals surface area contributed by atoms with E-state index in [0.29, 0.717) is 146 Å². The molecule has 0 spiro atoms. The molecule has 0 aliphatic carbocycles. The Morgan fingerprint density at radius 1 is 0.708 bits per heavy atom. The lowest BCUT2D eigenvalue weighted by atomic mass is 10.0. The zero-order chi connectivity index (χ0) is 51.6. The SMILES string of the molecule is C#CCOCCOCCOCCNc1nc(N2CCN(C(=O)[C@H](CCC(=O)O)n3cc(C(N)CC(C)C)nn3)CC2)nc(N2CCN(C(=O)[C@H](Cc3ccc(O)cc3)n3cc(C(N)CC(C)C)nn3)CC2)n1. The number of hydrogen-bond acceptors (Lipinski definition) is 19. The highest BCUT2D eigenvalue weighted by Gasteiger charge is 2.34. The van der Waals surface area contributed by atoms with Crippen molar-refractivity contribution in [2.45, 2.75) is 84.0 Å². The number of phenols is 1. The van der Waals surface area contributed by atoms with Gasteiger partial charge in [0.05, 0.1) is 68.9 Å². The summed E-state index contributed by atoms with van der Waals surface area (Å²) in [6.07, 6.45) is 10.1. The minimum absolute atomic E-state index is 0.0355. The minimum Gasteiger partial charge on any atom is -0.508 e. The summed E-state index contributed by atoms with van der Waals surface area (Å²) >= 11 is 0. The molecule has 2 amide bonds. The molecule has 0 radical (unpaired) electrons. The number of carboxylic acid groups (broad SMARTS) is 1. The van der Waals surface area contributed by atoms with Crippen molar-refractivity contribution in [2.24, 2.45) is 23.3 Å². The van der Waals surface area contributed by atoms with Crippen molar-refractivity contribution in [3.8, 4) is 18.1 Å². The number of ether oxygens (including phenoxy) is 3. The van der Waals surface area contributed by atoms with E-state index in [-0.39, 0.29) is 49.1 Å². The molecule has 0 bridgehead atoms. The standard InChI is InChI=1S/C48H72N16O8/c1-6-22-70-24-26-72-27-25-71-23-13-51-46-52-47(61-18-14-59(15-19-61)44(68)41(11-12-43(66)67)63-31-39(55-57-63)37(49)28-33(2)3)54-48(53-46)62-20-16-60(17-21-62)45(69)42(30-35-7-9-36(65)10-8-35)64-32-40(56-58-64)38(50)29-34(4)5/h1,7-10,31-34,37-38,41-42,65H,11-30,49-50H2,2-5H3,(H,66,67)(H,51,52,53,54)/t37?,38?,41-,42-/m0/s1. The molecule has 4 aromatic rings. The van der Waals surface area contributed by atoms with Crippen molar-refractivity contribution in [1.29, 1.82) is 0 Å². The number of phenolic OH excluding ortho intramolecular Hbond substituents is 1. The molecule has 3 aromatic heterocycles. The average Bonchev–Trinajstić information content (AvgIpc) is 4.07. The number of benzene rings is 1. The predicted molar refractivity (Wildman–Crippen MR) is 267 cm³/mol. The van der Waals surface area contributed by atoms with Crippen molar-refractivity contribution < 1.29 is 38.8 Å². The van der Waals surface area contributed by atoms with Crippen molar-refractivity contribution >= 4 is 35.6 Å². The van der Waals surface area contributed by atoms with Crippen LogP contribution in [-0.4, -0.2) is 181 Å². The number of carbonyl (C=O) groups is 3. The first-order chi connectivity index (χ1) is 34.7. The van der Waals surface area contributed by atoms with Crippen LogP contribution in [0.25, 0.3) is 0 Å². The van der Waals surface area contributed by atoms with E-state index in [4.69, 9.17) is 47.1 Å². The molecule has 6 rings (SSSR count). The molecule has 2 aliphatic heterocycles. The Labute approximate surface area is 420 Å². The summed E-state index contributed by atoms with van der Waals surface area (Å²) in [6, 6.07) is 4.48. The number of amides is 2. The van der Waals surface area contributed by atoms with Crippen molar-refractivity contribution in [2.75, 3.05) is 114 Å². The number of rotatable bonds is 28. The lowest BCUT2D eigenvalue weighted by Crippen LogP contribution is -2.52. The summed E-state index contributed by atoms with van der Waals surface area (Å²) in [6.45, 7) is 13.8. The number of anilines is 3. The van der Waals surface area contributed by atoms with E-state index in [2.05, 4.69) is 59.6 Å². The largest absolute Gasteiger partial charge is 0.508 e. The van der Waals surface area contributed by atoms with Crippen LogP contribution < -0.4 is 26.6 Å². The number of nitrogens with two attached hydrogens (primary N) is 2. The van der Waals surface area contributed by atoms with Crippen LogP contribution in [-0.2, 0) is 35.0 Å². The highest BCUT2D eigenvalue weighted by atomic mass is 16.5. The summed E-state index contributed by atoms with van der Waals surface area (Å²) in [7, 11) is 0. The number of carboxylic acids is 1. The van der Waals surface area contributed by atoms with Crippen LogP contribution in [0.3, 0.4) is 0 Å². The number of terminal acetylenes is 1. The number of piperazine rings is 2. The van der Waals surface area contributed by atoms with Gasteiger partial charge in [0.15, 0.2) is 0 Å². The maximum absolute atomic E-state index is 14.5. The van der Waals surface area contributed by atoms with Gasteiger partial charge in [-0.25, -0.2) is 9.36 Å². The summed E-state index contributed by atoms with van der Waals surface area (Å²) in [5.74, 6) is 2.96. The third-order valence-electron chi connectivity index (χ3n) is 12.3. The van der Waals surface area contributed by atoms with E-state index >= 15 is 0 Å². The number of aromatic nitrogens is 9. The van der Waals surface area contributed by atoms with Crippen LogP contribution in [0.4, 0.5) is 17.8 Å². The average molecular weight is 1000 g/mol. The topological polar surface area (TPSA) is 296 Å². The van der Waals surface area contributed by atoms with Gasteiger partial charge in [0.2, 0.25) is 29.7 Å². The molecule has 2 fully saturated rings. The van der Waals surface area contributed by atoms with Crippen LogP contribution in [0.1, 0.15) is 94.5 Å². The van der Waals surface area contributed by atoms with Gasteiger partial charge in [-0.15, -0.1) is 16.6 Å². The molecule has 72 heavy (non-hydrogen) atoms. The highest BCUT2D eigenvalue weighted by Crippen LogP contribution is 2.26. The van der Waals surface area contributed by atoms with E-state index in [9.17, 15) is 24.6 Å². The van der Waals surface area contributed by atoms with Gasteiger partial charge in [0.25, 0.3) is 0 Å². The fourth-order valence-electron chi connectivity index (χ4n) is 8.46. The molecule has 2 aliphatic rings. The van der Waals surface area contributed by atoms with E-state index < -0.39 is 18.1 Å². The fraction of sp³-hybridized carbons (Fsp3) is 0.625. The predicted octanol–water partition coefficient (Wildman–Crippen LogP) is 1.83. The molecular formula is C48H72N16O8. The zero-order valence-electron chi connectivity index (χ0n) is 42.0. The quantitative estimate of drug-likeness (QED) is 0.0401. The number of carbonyl (C=O) groups excluding carboxylic acids is 2. The Hall–Kier alpha value is -6.52. The Morgan fingerprint density at radius 3 is 1.69 bits per heavy atom. The van der Waals surface area contributed by atoms with Crippen molar-refractivity contribution in [3.63, 3.8) is 0 Å². The third-order valence-corrected chi connectivity index (χ3v) is 12.3. The lowest BCUT2D eigenvalue weighted by molar-refractivity contribution is -0.139. The highest BCUT2D eigenvalue weighted by molar-refractivity contribution is 5.82. The van der Waals surface area contributed by atoms with Crippen molar-refractivity contribution in [1.82, 2.24) is 54.7 Å². The molecule has 2 saturated heterocycles. The van der Waals surface area contributed by atoms with E-state index in [1.165, 1.54) is 4.68 Å². The number of aromatic hydroxyl groups is 1. The summed E-state index contributed by atoms with van der Waals surface area (Å²) < 4.78 is 19.6. The Kier molecular flexibility index (Phi) is 20.8. The van der Waals surface area contributed by atoms with Gasteiger partial charge in [-0.3, -0.25) is 14.4 Å². The fourth-order valence-corrected chi connectivity index (χ4v) is 8.46. The van der Waals surface area contributed by atoms with Crippen LogP contribution >= 0.6 is 0 Å². The second-order valence-corrected chi connectivity index (χ2v) is 18.8. The van der Waals surface area contributed by atoms with Gasteiger partial charge < -0.3 is 60.8 Å². The molecule has 4 atom stereocenters. The van der Waals surface area contributed by atoms with E-state index in [0.717, 1.165) is 12.0 Å². The van der Waals surface area contributed by atoms with Gasteiger partial charge in [-0.05, 0) is 48.8 Å². The van der Waals surface area contributed by atoms with Crippen LogP contribution in [0, 0.1) is 24.2 Å². The lowest BCUT2D eigenvalue weighted by Gasteiger charge is -2.38. The molecule has 24 heteroatoms. The third kappa shape index (κ3) is 16.3. The molecule has 5 heterocycles. The smallest absolute Gasteiger partial charge is 0.303 e. The normalized spacial score (nSPS) is 15.9. The Balaban J connectivity index is 1.14. The maximum atomic E-state index is 14.5. The molecule has 1 aromatic carbocycles. The first-order valence-electron chi connectivity index (χ1n) is 24.8. The molecule has 7 N–H and O–H groups in total. The molecule has 0 saturated carbocycles. The first kappa shape index (κ1) is 54.8. The first-order valence-corrected chi connectivity index (χ1v) is 24.8. The second-order valence-electron chi connectivity index (χ2n) is 18.8. The molecule has 392 valence electrons. The van der Waals surface area contributed by atoms with Crippen LogP contribution in [0.5, 0.6) is 5.75 Å². The number of nitrogens with one attached hydrogen (secondary N) is 1. The summed E-state index contributed by atoms with van der Waals surface area (Å²) in [5, 5.41) is 40.0. The number of nitrogens with zero attached hydrogens (tertiary/aromatic N) is 13. The maximum Gasteiger partial charge on any atom is 0.303 e. The second kappa shape index (κ2) is 27.3. The summed E-state index contributed by atoms with van der Waals surface area (Å²) in [4.78, 5) is 62.4. The Bertz CT molecular complexity index is 2360. The van der Waals surface area contributed by atoms with E-state index in [1.54, 1.807) is 46.2 Å². The summed E-state index contributed by atoms with van der Waals surface area (Å²) in [5.41, 5.74) is 14.8. The minimum atomic E-state index is -1.02. The number of hydrogen-bond donors (Lipinski definition) is 5. The monoisotopic (exact) mass is 1000 g/mol.